The third kappa shape index (κ3) is 6.19. The summed E-state index contributed by atoms with van der Waals surface area (Å²) in [6, 6.07) is 6.08. The molecule has 2 heterocycles. The molecule has 0 radical (unpaired) electrons. The molecule has 2 saturated heterocycles. The van der Waals surface area contributed by atoms with Crippen molar-refractivity contribution in [2.24, 2.45) is 0 Å². The first-order valence-corrected chi connectivity index (χ1v) is 11.1. The number of urea groups is 1. The van der Waals surface area contributed by atoms with Crippen molar-refractivity contribution in [2.75, 3.05) is 57.8 Å². The topological polar surface area (TPSA) is 65.1 Å². The molecule has 0 aliphatic carbocycles. The number of ether oxygens (including phenoxy) is 1. The van der Waals surface area contributed by atoms with E-state index in [4.69, 9.17) is 4.74 Å². The number of nitrogens with zero attached hydrogens (tertiary/aromatic N) is 3. The first kappa shape index (κ1) is 22.6. The SMILES string of the molecule is CC(=O)N(CCCN1CCOCC1)C1CCCN(C(=O)Nc2cc(C)ccc2C)C1. The van der Waals surface area contributed by atoms with Crippen LogP contribution in [0.2, 0.25) is 0 Å². The minimum Gasteiger partial charge on any atom is -0.379 e. The second-order valence-electron chi connectivity index (χ2n) is 8.51. The Morgan fingerprint density at radius 2 is 1.97 bits per heavy atom. The van der Waals surface area contributed by atoms with Gasteiger partial charge >= 0.3 is 6.03 Å². The third-order valence-corrected chi connectivity index (χ3v) is 6.14. The maximum atomic E-state index is 12.9. The van der Waals surface area contributed by atoms with Crippen LogP contribution in [0.1, 0.15) is 37.3 Å². The van der Waals surface area contributed by atoms with Crippen molar-refractivity contribution in [3.8, 4) is 0 Å². The molecule has 7 nitrogen and oxygen atoms in total. The van der Waals surface area contributed by atoms with Crippen molar-refractivity contribution < 1.29 is 14.3 Å². The molecule has 2 fully saturated rings. The summed E-state index contributed by atoms with van der Waals surface area (Å²) in [7, 11) is 0. The second-order valence-corrected chi connectivity index (χ2v) is 8.51. The number of rotatable bonds is 6. The van der Waals surface area contributed by atoms with E-state index in [0.717, 1.165) is 82.0 Å². The van der Waals surface area contributed by atoms with Gasteiger partial charge in [0.2, 0.25) is 5.91 Å². The first-order valence-electron chi connectivity index (χ1n) is 11.1. The molecule has 1 N–H and O–H groups in total. The molecule has 0 saturated carbocycles. The number of hydrogen-bond acceptors (Lipinski definition) is 4. The van der Waals surface area contributed by atoms with Crippen LogP contribution in [0.5, 0.6) is 0 Å². The number of carbonyl (C=O) groups is 2. The highest BCUT2D eigenvalue weighted by Gasteiger charge is 2.29. The quantitative estimate of drug-likeness (QED) is 0.775. The van der Waals surface area contributed by atoms with Gasteiger partial charge in [-0.3, -0.25) is 9.69 Å². The van der Waals surface area contributed by atoms with E-state index < -0.39 is 0 Å². The Morgan fingerprint density at radius 1 is 1.20 bits per heavy atom. The highest BCUT2D eigenvalue weighted by molar-refractivity contribution is 5.90. The van der Waals surface area contributed by atoms with Gasteiger partial charge in [-0.05, 0) is 50.3 Å². The fourth-order valence-corrected chi connectivity index (χ4v) is 4.34. The molecule has 2 aliphatic heterocycles. The average molecular weight is 417 g/mol. The maximum absolute atomic E-state index is 12.9. The molecule has 7 heteroatoms. The van der Waals surface area contributed by atoms with Gasteiger partial charge in [0.25, 0.3) is 0 Å². The number of hydrogen-bond donors (Lipinski definition) is 1. The van der Waals surface area contributed by atoms with Gasteiger partial charge in [-0.15, -0.1) is 0 Å². The molecule has 0 spiro atoms. The van der Waals surface area contributed by atoms with Crippen molar-refractivity contribution in [1.29, 1.82) is 0 Å². The van der Waals surface area contributed by atoms with Gasteiger partial charge in [0.05, 0.1) is 13.2 Å². The van der Waals surface area contributed by atoms with Crippen LogP contribution in [0.25, 0.3) is 0 Å². The van der Waals surface area contributed by atoms with Crippen molar-refractivity contribution in [1.82, 2.24) is 14.7 Å². The van der Waals surface area contributed by atoms with Crippen LogP contribution in [0.3, 0.4) is 0 Å². The summed E-state index contributed by atoms with van der Waals surface area (Å²) < 4.78 is 5.40. The molecule has 1 atom stereocenters. The van der Waals surface area contributed by atoms with Gasteiger partial charge < -0.3 is 19.9 Å². The van der Waals surface area contributed by atoms with Crippen LogP contribution in [0, 0.1) is 13.8 Å². The number of anilines is 1. The molecule has 166 valence electrons. The normalized spacial score (nSPS) is 20.1. The zero-order valence-corrected chi connectivity index (χ0v) is 18.7. The Morgan fingerprint density at radius 3 is 2.70 bits per heavy atom. The van der Waals surface area contributed by atoms with Crippen LogP contribution in [-0.4, -0.2) is 85.2 Å². The smallest absolute Gasteiger partial charge is 0.321 e. The predicted octanol–water partition coefficient (Wildman–Crippen LogP) is 2.87. The first-order chi connectivity index (χ1) is 14.4. The average Bonchev–Trinajstić information content (AvgIpc) is 2.74. The summed E-state index contributed by atoms with van der Waals surface area (Å²) in [6.45, 7) is 12.2. The van der Waals surface area contributed by atoms with E-state index >= 15 is 0 Å². The number of morpholine rings is 1. The zero-order chi connectivity index (χ0) is 21.5. The van der Waals surface area contributed by atoms with E-state index in [1.54, 1.807) is 6.92 Å². The lowest BCUT2D eigenvalue weighted by atomic mass is 10.0. The van der Waals surface area contributed by atoms with Gasteiger partial charge in [0, 0.05) is 57.9 Å². The standard InChI is InChI=1S/C23H36N4O3/c1-18-7-8-19(2)22(16-18)24-23(29)26-10-4-6-21(17-26)27(20(3)28)11-5-9-25-12-14-30-15-13-25/h7-8,16,21H,4-6,9-15,17H2,1-3H3,(H,24,29). The van der Waals surface area contributed by atoms with Crippen molar-refractivity contribution in [3.63, 3.8) is 0 Å². The van der Waals surface area contributed by atoms with Crippen LogP contribution in [0.4, 0.5) is 10.5 Å². The number of piperidine rings is 1. The highest BCUT2D eigenvalue weighted by atomic mass is 16.5. The van der Waals surface area contributed by atoms with Gasteiger partial charge in [-0.1, -0.05) is 12.1 Å². The van der Waals surface area contributed by atoms with Crippen molar-refractivity contribution in [3.05, 3.63) is 29.3 Å². The summed E-state index contributed by atoms with van der Waals surface area (Å²) in [4.78, 5) is 31.5. The molecule has 1 aromatic rings. The number of benzene rings is 1. The van der Waals surface area contributed by atoms with E-state index in [0.29, 0.717) is 6.54 Å². The summed E-state index contributed by atoms with van der Waals surface area (Å²) in [5, 5.41) is 3.06. The molecule has 2 aliphatic rings. The Hall–Kier alpha value is -2.12. The summed E-state index contributed by atoms with van der Waals surface area (Å²) in [6.07, 6.45) is 2.81. The fraction of sp³-hybridized carbons (Fsp3) is 0.652. The number of carbonyl (C=O) groups excluding carboxylic acids is 2. The minimum atomic E-state index is -0.0785. The molecular weight excluding hydrogens is 380 g/mol. The second kappa shape index (κ2) is 10.8. The molecule has 3 amide bonds. The summed E-state index contributed by atoms with van der Waals surface area (Å²) in [5.41, 5.74) is 3.03. The third-order valence-electron chi connectivity index (χ3n) is 6.14. The number of nitrogens with one attached hydrogen (secondary N) is 1. The number of likely N-dealkylation sites (tertiary alicyclic amines) is 1. The molecule has 0 bridgehead atoms. The lowest BCUT2D eigenvalue weighted by Gasteiger charge is -2.39. The Labute approximate surface area is 180 Å². The Balaban J connectivity index is 1.54. The van der Waals surface area contributed by atoms with Crippen LogP contribution in [0.15, 0.2) is 18.2 Å². The van der Waals surface area contributed by atoms with E-state index in [9.17, 15) is 9.59 Å². The predicted molar refractivity (Wildman–Crippen MR) is 119 cm³/mol. The van der Waals surface area contributed by atoms with Gasteiger partial charge in [0.15, 0.2) is 0 Å². The molecule has 1 unspecified atom stereocenters. The lowest BCUT2D eigenvalue weighted by molar-refractivity contribution is -0.132. The molecular formula is C23H36N4O3. The van der Waals surface area contributed by atoms with Gasteiger partial charge in [-0.25, -0.2) is 4.79 Å². The largest absolute Gasteiger partial charge is 0.379 e. The Kier molecular flexibility index (Phi) is 8.10. The minimum absolute atomic E-state index is 0.0785. The summed E-state index contributed by atoms with van der Waals surface area (Å²) >= 11 is 0. The van der Waals surface area contributed by atoms with E-state index in [-0.39, 0.29) is 18.0 Å². The van der Waals surface area contributed by atoms with Gasteiger partial charge in [0.1, 0.15) is 0 Å². The molecule has 1 aromatic carbocycles. The van der Waals surface area contributed by atoms with Crippen molar-refractivity contribution >= 4 is 17.6 Å². The van der Waals surface area contributed by atoms with E-state index in [2.05, 4.69) is 10.2 Å². The van der Waals surface area contributed by atoms with Crippen LogP contribution in [-0.2, 0) is 9.53 Å². The Bertz CT molecular complexity index is 733. The molecule has 3 rings (SSSR count). The number of amides is 3. The monoisotopic (exact) mass is 416 g/mol. The fourth-order valence-electron chi connectivity index (χ4n) is 4.34. The lowest BCUT2D eigenvalue weighted by Crippen LogP contribution is -2.52. The van der Waals surface area contributed by atoms with Gasteiger partial charge in [-0.2, -0.15) is 0 Å². The van der Waals surface area contributed by atoms with Crippen molar-refractivity contribution in [2.45, 2.75) is 46.1 Å². The molecule has 30 heavy (non-hydrogen) atoms. The molecule has 0 aromatic heterocycles. The highest BCUT2D eigenvalue weighted by Crippen LogP contribution is 2.20. The maximum Gasteiger partial charge on any atom is 0.321 e. The van der Waals surface area contributed by atoms with Crippen LogP contribution >= 0.6 is 0 Å². The van der Waals surface area contributed by atoms with Crippen LogP contribution < -0.4 is 5.32 Å². The summed E-state index contributed by atoms with van der Waals surface area (Å²) in [5.74, 6) is 0.0961. The van der Waals surface area contributed by atoms with E-state index in [1.807, 2.05) is 41.8 Å². The zero-order valence-electron chi connectivity index (χ0n) is 18.7. The number of aryl methyl sites for hydroxylation is 2. The van der Waals surface area contributed by atoms with E-state index in [1.165, 1.54) is 0 Å².